The number of pyridine rings is 1. The van der Waals surface area contributed by atoms with E-state index in [-0.39, 0.29) is 0 Å². The zero-order chi connectivity index (χ0) is 22.2. The Kier molecular flexibility index (Phi) is 4.93. The molecular formula is C23H19BFN6O. The monoisotopic (exact) mass is 425 g/mol. The van der Waals surface area contributed by atoms with Crippen molar-refractivity contribution in [3.8, 4) is 22.5 Å². The van der Waals surface area contributed by atoms with Gasteiger partial charge < -0.3 is 10.6 Å². The molecule has 0 aliphatic carbocycles. The molecule has 1 radical (unpaired) electrons. The second-order valence-corrected chi connectivity index (χ2v) is 7.49. The van der Waals surface area contributed by atoms with Gasteiger partial charge in [0, 0.05) is 39.8 Å². The third-order valence-electron chi connectivity index (χ3n) is 5.35. The number of anilines is 2. The van der Waals surface area contributed by atoms with E-state index in [0.29, 0.717) is 28.6 Å². The topological polar surface area (TPSA) is 84.7 Å². The van der Waals surface area contributed by atoms with Crippen LogP contribution in [0.3, 0.4) is 0 Å². The van der Waals surface area contributed by atoms with Crippen LogP contribution in [0.25, 0.3) is 22.5 Å². The van der Waals surface area contributed by atoms with E-state index in [1.165, 1.54) is 0 Å². The Morgan fingerprint density at radius 1 is 1.06 bits per heavy atom. The Labute approximate surface area is 185 Å². The fourth-order valence-electron chi connectivity index (χ4n) is 3.62. The minimum Gasteiger partial charge on any atom is -0.325 e. The van der Waals surface area contributed by atoms with E-state index in [0.717, 1.165) is 22.4 Å². The van der Waals surface area contributed by atoms with Crippen molar-refractivity contribution in [2.45, 2.75) is 20.0 Å². The SMILES string of the molecule is C[B]n1nc(-c2ccc(-c3ccc(C)nc3)cc2)nc1Nc1ccc2c(c1)C(F)NC2=O. The Morgan fingerprint density at radius 3 is 2.53 bits per heavy atom. The van der Waals surface area contributed by atoms with Gasteiger partial charge in [0.1, 0.15) is 0 Å². The molecule has 2 aromatic carbocycles. The molecule has 1 atom stereocenters. The van der Waals surface area contributed by atoms with E-state index in [1.54, 1.807) is 30.2 Å². The second kappa shape index (κ2) is 7.92. The van der Waals surface area contributed by atoms with Crippen molar-refractivity contribution in [1.82, 2.24) is 25.0 Å². The lowest BCUT2D eigenvalue weighted by atomic mass is 10.0. The van der Waals surface area contributed by atoms with E-state index in [4.69, 9.17) is 0 Å². The van der Waals surface area contributed by atoms with Gasteiger partial charge in [0.25, 0.3) is 13.3 Å². The Balaban J connectivity index is 1.41. The van der Waals surface area contributed by atoms with E-state index in [1.807, 2.05) is 56.3 Å². The third-order valence-corrected chi connectivity index (χ3v) is 5.35. The van der Waals surface area contributed by atoms with Gasteiger partial charge in [-0.05, 0) is 36.8 Å². The molecule has 1 aliphatic heterocycles. The van der Waals surface area contributed by atoms with Crippen LogP contribution in [-0.2, 0) is 0 Å². The van der Waals surface area contributed by atoms with Crippen LogP contribution in [0.5, 0.6) is 0 Å². The van der Waals surface area contributed by atoms with Crippen molar-refractivity contribution in [2.75, 3.05) is 5.32 Å². The van der Waals surface area contributed by atoms with Crippen molar-refractivity contribution >= 4 is 25.0 Å². The summed E-state index contributed by atoms with van der Waals surface area (Å²) in [6, 6.07) is 16.9. The fraction of sp³-hybridized carbons (Fsp3) is 0.130. The number of benzene rings is 2. The number of hydrogen-bond donors (Lipinski definition) is 2. The highest BCUT2D eigenvalue weighted by atomic mass is 19.1. The van der Waals surface area contributed by atoms with Crippen molar-refractivity contribution in [3.63, 3.8) is 0 Å². The van der Waals surface area contributed by atoms with Gasteiger partial charge in [-0.15, -0.1) is 0 Å². The lowest BCUT2D eigenvalue weighted by molar-refractivity contribution is 0.0928. The lowest BCUT2D eigenvalue weighted by Gasteiger charge is -2.08. The van der Waals surface area contributed by atoms with E-state index in [2.05, 4.69) is 25.7 Å². The highest BCUT2D eigenvalue weighted by Gasteiger charge is 2.28. The summed E-state index contributed by atoms with van der Waals surface area (Å²) >= 11 is 0. The molecule has 9 heteroatoms. The minimum atomic E-state index is -1.51. The van der Waals surface area contributed by atoms with Crippen molar-refractivity contribution < 1.29 is 9.18 Å². The van der Waals surface area contributed by atoms with Crippen LogP contribution in [0.4, 0.5) is 16.0 Å². The molecule has 0 spiro atoms. The van der Waals surface area contributed by atoms with Gasteiger partial charge in [-0.1, -0.05) is 37.2 Å². The van der Waals surface area contributed by atoms with Gasteiger partial charge in [0.05, 0.1) is 0 Å². The summed E-state index contributed by atoms with van der Waals surface area (Å²) in [5.74, 6) is 0.638. The number of halogens is 1. The second-order valence-electron chi connectivity index (χ2n) is 7.49. The number of nitrogens with one attached hydrogen (secondary N) is 2. The van der Waals surface area contributed by atoms with Gasteiger partial charge in [-0.2, -0.15) is 10.1 Å². The molecule has 1 unspecified atom stereocenters. The van der Waals surface area contributed by atoms with Crippen LogP contribution in [0.15, 0.2) is 60.8 Å². The van der Waals surface area contributed by atoms with Gasteiger partial charge >= 0.3 is 0 Å². The van der Waals surface area contributed by atoms with Crippen LogP contribution in [-0.4, -0.2) is 33.0 Å². The lowest BCUT2D eigenvalue weighted by Crippen LogP contribution is -2.15. The molecule has 1 aliphatic rings. The Morgan fingerprint density at radius 2 is 1.81 bits per heavy atom. The summed E-state index contributed by atoms with van der Waals surface area (Å²) in [7, 11) is 1.78. The molecular weight excluding hydrogens is 406 g/mol. The van der Waals surface area contributed by atoms with Crippen LogP contribution in [0.2, 0.25) is 6.82 Å². The van der Waals surface area contributed by atoms with Gasteiger partial charge in [-0.3, -0.25) is 14.4 Å². The normalized spacial score (nSPS) is 14.7. The number of carbonyl (C=O) groups is 1. The maximum atomic E-state index is 14.0. The minimum absolute atomic E-state index is 0.313. The predicted octanol–water partition coefficient (Wildman–Crippen LogP) is 4.29. The average molecular weight is 425 g/mol. The first-order valence-electron chi connectivity index (χ1n) is 10.2. The van der Waals surface area contributed by atoms with E-state index in [9.17, 15) is 9.18 Å². The summed E-state index contributed by atoms with van der Waals surface area (Å²) in [5.41, 5.74) is 5.22. The molecule has 7 nitrogen and oxygen atoms in total. The maximum Gasteiger partial charge on any atom is 0.281 e. The van der Waals surface area contributed by atoms with Crippen LogP contribution in [0.1, 0.15) is 27.9 Å². The Bertz CT molecular complexity index is 1300. The molecule has 0 saturated carbocycles. The van der Waals surface area contributed by atoms with Crippen molar-refractivity contribution in [3.05, 3.63) is 77.6 Å². The van der Waals surface area contributed by atoms with Crippen LogP contribution in [0, 0.1) is 6.92 Å². The number of rotatable bonds is 5. The number of nitrogens with zero attached hydrogens (tertiary/aromatic N) is 4. The number of aromatic nitrogens is 4. The Hall–Kier alpha value is -4.01. The standard InChI is InChI=1S/C23H19BFN6O/c1-13-3-4-16(12-26-13)14-5-7-15(8-6-14)21-29-23(31(24-2)30-21)27-17-9-10-18-19(11-17)20(25)28-22(18)32/h3-12,20H,1-2H3,(H,28,32)(H,27,29,30). The molecule has 0 bridgehead atoms. The van der Waals surface area contributed by atoms with E-state index < -0.39 is 12.2 Å². The molecule has 3 heterocycles. The summed E-state index contributed by atoms with van der Waals surface area (Å²) in [4.78, 5) is 20.7. The zero-order valence-electron chi connectivity index (χ0n) is 17.5. The quantitative estimate of drug-likeness (QED) is 0.368. The summed E-state index contributed by atoms with van der Waals surface area (Å²) in [6.45, 7) is 3.81. The van der Waals surface area contributed by atoms with E-state index >= 15 is 0 Å². The summed E-state index contributed by atoms with van der Waals surface area (Å²) in [6.07, 6.45) is 0.347. The molecule has 2 N–H and O–H groups in total. The number of hydrogen-bond acceptors (Lipinski definition) is 5. The molecule has 5 rings (SSSR count). The van der Waals surface area contributed by atoms with Gasteiger partial charge in [0.15, 0.2) is 12.1 Å². The maximum absolute atomic E-state index is 14.0. The van der Waals surface area contributed by atoms with Crippen molar-refractivity contribution in [1.29, 1.82) is 0 Å². The zero-order valence-corrected chi connectivity index (χ0v) is 17.5. The number of fused-ring (bicyclic) bond motifs is 1. The van der Waals surface area contributed by atoms with Gasteiger partial charge in [0.2, 0.25) is 5.95 Å². The molecule has 1 amide bonds. The molecule has 0 fully saturated rings. The van der Waals surface area contributed by atoms with Gasteiger partial charge in [-0.25, -0.2) is 4.39 Å². The first-order valence-corrected chi connectivity index (χ1v) is 10.2. The summed E-state index contributed by atoms with van der Waals surface area (Å²) < 4.78 is 15.7. The fourth-order valence-corrected chi connectivity index (χ4v) is 3.62. The highest BCUT2D eigenvalue weighted by Crippen LogP contribution is 2.30. The molecule has 4 aromatic rings. The molecule has 32 heavy (non-hydrogen) atoms. The number of carbonyl (C=O) groups excluding carboxylic acids is 1. The first-order chi connectivity index (χ1) is 15.5. The molecule has 157 valence electrons. The number of amides is 1. The molecule has 0 saturated heterocycles. The summed E-state index contributed by atoms with van der Waals surface area (Å²) in [5, 5.41) is 9.97. The smallest absolute Gasteiger partial charge is 0.281 e. The number of aryl methyl sites for hydroxylation is 1. The predicted molar refractivity (Wildman–Crippen MR) is 121 cm³/mol. The van der Waals surface area contributed by atoms with Crippen LogP contribution < -0.4 is 10.6 Å². The highest BCUT2D eigenvalue weighted by molar-refractivity contribution is 6.32. The van der Waals surface area contributed by atoms with Crippen LogP contribution >= 0.6 is 0 Å². The molecule has 2 aromatic heterocycles. The van der Waals surface area contributed by atoms with Crippen molar-refractivity contribution in [2.24, 2.45) is 0 Å². The first kappa shape index (κ1) is 19.9. The third kappa shape index (κ3) is 3.62. The largest absolute Gasteiger partial charge is 0.325 e. The average Bonchev–Trinajstić information content (AvgIpc) is 3.34. The number of alkyl halides is 1.